The summed E-state index contributed by atoms with van der Waals surface area (Å²) in [6.45, 7) is 8.72. The number of nitrogens with zero attached hydrogens (tertiary/aromatic N) is 2. The Labute approximate surface area is 195 Å². The molecule has 0 unspecified atom stereocenters. The van der Waals surface area contributed by atoms with E-state index in [9.17, 15) is 4.79 Å². The number of aliphatic hydroxyl groups excluding tert-OH is 1. The van der Waals surface area contributed by atoms with Crippen LogP contribution in [-0.4, -0.2) is 28.6 Å². The highest BCUT2D eigenvalue weighted by Crippen LogP contribution is 2.61. The zero-order valence-corrected chi connectivity index (χ0v) is 19.9. The number of aliphatic hydroxyl groups is 1. The SMILES string of the molecule is CC1(C)C(CC(=O)c2ccc(CCCCO)nc2)C(C)(C)C1Oc1ccc(C#N)c(Cl)c1. The van der Waals surface area contributed by atoms with Crippen molar-refractivity contribution in [3.63, 3.8) is 0 Å². The zero-order valence-electron chi connectivity index (χ0n) is 19.2. The Hall–Kier alpha value is -2.42. The molecule has 1 N–H and O–H groups in total. The fourth-order valence-corrected chi connectivity index (χ4v) is 5.48. The van der Waals surface area contributed by atoms with Crippen LogP contribution in [0.25, 0.3) is 0 Å². The van der Waals surface area contributed by atoms with Gasteiger partial charge < -0.3 is 9.84 Å². The molecule has 2 aromatic rings. The minimum absolute atomic E-state index is 0.0884. The van der Waals surface area contributed by atoms with Gasteiger partial charge >= 0.3 is 0 Å². The molecular formula is C26H31ClN2O3. The van der Waals surface area contributed by atoms with E-state index < -0.39 is 0 Å². The zero-order chi connectivity index (χ0) is 23.5. The standard InChI is InChI=1S/C26H31ClN2O3/c1-25(2)23(14-22(31)18-8-10-19(29-16-18)7-5-6-12-30)26(3,4)24(25)32-20-11-9-17(15-28)21(27)13-20/h8-11,13,16,23-24,30H,5-7,12,14H2,1-4H3. The maximum atomic E-state index is 13.0. The van der Waals surface area contributed by atoms with E-state index in [1.165, 1.54) is 0 Å². The van der Waals surface area contributed by atoms with Crippen molar-refractivity contribution in [2.24, 2.45) is 16.7 Å². The monoisotopic (exact) mass is 454 g/mol. The highest BCUT2D eigenvalue weighted by atomic mass is 35.5. The highest BCUT2D eigenvalue weighted by Gasteiger charge is 2.63. The Morgan fingerprint density at radius 1 is 1.19 bits per heavy atom. The first-order valence-electron chi connectivity index (χ1n) is 11.1. The molecule has 0 saturated heterocycles. The van der Waals surface area contributed by atoms with Gasteiger partial charge in [0.25, 0.3) is 0 Å². The van der Waals surface area contributed by atoms with Gasteiger partial charge in [0, 0.05) is 47.4 Å². The third-order valence-electron chi connectivity index (χ3n) is 6.84. The molecule has 0 bridgehead atoms. The first-order valence-corrected chi connectivity index (χ1v) is 11.4. The summed E-state index contributed by atoms with van der Waals surface area (Å²) < 4.78 is 6.31. The largest absolute Gasteiger partial charge is 0.489 e. The Morgan fingerprint density at radius 2 is 1.91 bits per heavy atom. The molecule has 5 nitrogen and oxygen atoms in total. The Kier molecular flexibility index (Phi) is 7.27. The van der Waals surface area contributed by atoms with Crippen LogP contribution in [0, 0.1) is 28.1 Å². The predicted molar refractivity (Wildman–Crippen MR) is 125 cm³/mol. The summed E-state index contributed by atoms with van der Waals surface area (Å²) >= 11 is 6.16. The number of ether oxygens (including phenoxy) is 1. The van der Waals surface area contributed by atoms with Crippen LogP contribution >= 0.6 is 11.6 Å². The van der Waals surface area contributed by atoms with Crippen molar-refractivity contribution in [3.05, 3.63) is 58.4 Å². The Morgan fingerprint density at radius 3 is 2.47 bits per heavy atom. The topological polar surface area (TPSA) is 83.2 Å². The summed E-state index contributed by atoms with van der Waals surface area (Å²) in [6.07, 6.45) is 4.44. The molecule has 1 fully saturated rings. The van der Waals surface area contributed by atoms with E-state index in [2.05, 4.69) is 38.7 Å². The van der Waals surface area contributed by atoms with E-state index >= 15 is 0 Å². The highest BCUT2D eigenvalue weighted by molar-refractivity contribution is 6.31. The van der Waals surface area contributed by atoms with Crippen molar-refractivity contribution in [1.29, 1.82) is 5.26 Å². The van der Waals surface area contributed by atoms with Gasteiger partial charge in [0.15, 0.2) is 5.78 Å². The molecule has 1 saturated carbocycles. The molecule has 1 aliphatic carbocycles. The van der Waals surface area contributed by atoms with Crippen molar-refractivity contribution >= 4 is 17.4 Å². The molecule has 1 heterocycles. The fraction of sp³-hybridized carbons (Fsp3) is 0.500. The molecule has 32 heavy (non-hydrogen) atoms. The van der Waals surface area contributed by atoms with E-state index in [4.69, 9.17) is 26.7 Å². The number of Topliss-reactive ketones (excluding diaryl/α,β-unsaturated/α-hetero) is 1. The number of nitriles is 1. The fourth-order valence-electron chi connectivity index (χ4n) is 5.27. The lowest BCUT2D eigenvalue weighted by Gasteiger charge is -2.63. The summed E-state index contributed by atoms with van der Waals surface area (Å²) in [4.78, 5) is 17.4. The van der Waals surface area contributed by atoms with Crippen LogP contribution in [0.3, 0.4) is 0 Å². The van der Waals surface area contributed by atoms with E-state index in [0.29, 0.717) is 28.3 Å². The number of aromatic nitrogens is 1. The average molecular weight is 455 g/mol. The van der Waals surface area contributed by atoms with Gasteiger partial charge in [-0.1, -0.05) is 39.3 Å². The number of ketones is 1. The molecule has 1 aromatic heterocycles. The molecule has 170 valence electrons. The third kappa shape index (κ3) is 4.82. The molecule has 0 aliphatic heterocycles. The normalized spacial score (nSPS) is 20.8. The number of hydrogen-bond acceptors (Lipinski definition) is 5. The number of benzene rings is 1. The smallest absolute Gasteiger partial charge is 0.164 e. The molecule has 0 spiro atoms. The number of halogens is 1. The van der Waals surface area contributed by atoms with E-state index in [0.717, 1.165) is 25.0 Å². The quantitative estimate of drug-likeness (QED) is 0.392. The van der Waals surface area contributed by atoms with Crippen LogP contribution in [-0.2, 0) is 6.42 Å². The molecule has 0 radical (unpaired) electrons. The van der Waals surface area contributed by atoms with Crippen molar-refractivity contribution in [2.45, 2.75) is 59.5 Å². The van der Waals surface area contributed by atoms with Crippen LogP contribution in [0.2, 0.25) is 5.02 Å². The molecular weight excluding hydrogens is 424 g/mol. The van der Waals surface area contributed by atoms with Gasteiger partial charge in [0.1, 0.15) is 17.9 Å². The maximum Gasteiger partial charge on any atom is 0.164 e. The van der Waals surface area contributed by atoms with Crippen LogP contribution in [0.5, 0.6) is 5.75 Å². The van der Waals surface area contributed by atoms with Gasteiger partial charge in [-0.3, -0.25) is 9.78 Å². The lowest BCUT2D eigenvalue weighted by atomic mass is 9.44. The lowest BCUT2D eigenvalue weighted by molar-refractivity contribution is -0.196. The van der Waals surface area contributed by atoms with Crippen LogP contribution in [0.15, 0.2) is 36.5 Å². The Balaban J connectivity index is 1.67. The second-order valence-electron chi connectivity index (χ2n) is 9.79. The van der Waals surface area contributed by atoms with Gasteiger partial charge in [-0.05, 0) is 49.4 Å². The lowest BCUT2D eigenvalue weighted by Crippen LogP contribution is -2.66. The number of carbonyl (C=O) groups excluding carboxylic acids is 1. The van der Waals surface area contributed by atoms with Gasteiger partial charge in [-0.2, -0.15) is 5.26 Å². The summed E-state index contributed by atoms with van der Waals surface area (Å²) in [7, 11) is 0. The van der Waals surface area contributed by atoms with Crippen molar-refractivity contribution in [1.82, 2.24) is 4.98 Å². The number of unbranched alkanes of at least 4 members (excludes halogenated alkanes) is 1. The number of hydrogen-bond donors (Lipinski definition) is 1. The first-order chi connectivity index (χ1) is 15.1. The second-order valence-corrected chi connectivity index (χ2v) is 10.2. The van der Waals surface area contributed by atoms with Crippen LogP contribution in [0.1, 0.15) is 68.6 Å². The summed E-state index contributed by atoms with van der Waals surface area (Å²) in [6, 6.07) is 10.9. The minimum Gasteiger partial charge on any atom is -0.489 e. The van der Waals surface area contributed by atoms with E-state index in [-0.39, 0.29) is 35.2 Å². The minimum atomic E-state index is -0.211. The molecule has 6 heteroatoms. The average Bonchev–Trinajstić information content (AvgIpc) is 2.76. The summed E-state index contributed by atoms with van der Waals surface area (Å²) in [5, 5.41) is 18.3. The number of rotatable bonds is 9. The predicted octanol–water partition coefficient (Wildman–Crippen LogP) is 5.62. The van der Waals surface area contributed by atoms with Crippen molar-refractivity contribution < 1.29 is 14.6 Å². The van der Waals surface area contributed by atoms with Gasteiger partial charge in [-0.15, -0.1) is 0 Å². The maximum absolute atomic E-state index is 13.0. The molecule has 1 aliphatic rings. The molecule has 3 rings (SSSR count). The van der Waals surface area contributed by atoms with E-state index in [1.54, 1.807) is 24.4 Å². The number of aryl methyl sites for hydroxylation is 1. The summed E-state index contributed by atoms with van der Waals surface area (Å²) in [5.74, 6) is 0.863. The van der Waals surface area contributed by atoms with E-state index in [1.807, 2.05) is 12.1 Å². The molecule has 1 aromatic carbocycles. The number of pyridine rings is 1. The van der Waals surface area contributed by atoms with Crippen molar-refractivity contribution in [3.8, 4) is 11.8 Å². The van der Waals surface area contributed by atoms with Gasteiger partial charge in [0.2, 0.25) is 0 Å². The second kappa shape index (κ2) is 9.60. The number of carbonyl (C=O) groups is 1. The van der Waals surface area contributed by atoms with Crippen LogP contribution < -0.4 is 4.74 Å². The van der Waals surface area contributed by atoms with Crippen LogP contribution in [0.4, 0.5) is 0 Å². The van der Waals surface area contributed by atoms with Crippen molar-refractivity contribution in [2.75, 3.05) is 6.61 Å². The van der Waals surface area contributed by atoms with Gasteiger partial charge in [0.05, 0.1) is 10.6 Å². The molecule has 0 amide bonds. The Bertz CT molecular complexity index is 993. The third-order valence-corrected chi connectivity index (χ3v) is 7.15. The molecule has 0 atom stereocenters. The first kappa shape index (κ1) is 24.2. The summed E-state index contributed by atoms with van der Waals surface area (Å²) in [5.41, 5.74) is 1.57. The van der Waals surface area contributed by atoms with Gasteiger partial charge in [-0.25, -0.2) is 0 Å².